The Morgan fingerprint density at radius 1 is 0.538 bits per heavy atom. The third-order valence-electron chi connectivity index (χ3n) is 8.55. The summed E-state index contributed by atoms with van der Waals surface area (Å²) >= 11 is 0. The van der Waals surface area contributed by atoms with Gasteiger partial charge < -0.3 is 45.1 Å². The van der Waals surface area contributed by atoms with Crippen LogP contribution in [0.4, 0.5) is 0 Å². The predicted octanol–water partition coefficient (Wildman–Crippen LogP) is 7.13. The van der Waals surface area contributed by atoms with Gasteiger partial charge in [-0.3, -0.25) is 9.59 Å². The molecule has 52 heavy (non-hydrogen) atoms. The zero-order valence-corrected chi connectivity index (χ0v) is 32.7. The average molecular weight is 742 g/mol. The molecule has 12 heteroatoms. The van der Waals surface area contributed by atoms with Crippen molar-refractivity contribution in [2.75, 3.05) is 65.9 Å². The maximum atomic E-state index is 11.7. The molecule has 0 saturated heterocycles. The third-order valence-corrected chi connectivity index (χ3v) is 8.55. The van der Waals surface area contributed by atoms with E-state index in [9.17, 15) is 19.5 Å². The van der Waals surface area contributed by atoms with Crippen molar-refractivity contribution in [3.05, 3.63) is 24.6 Å². The summed E-state index contributed by atoms with van der Waals surface area (Å²) in [7, 11) is 0. The second-order valence-electron chi connectivity index (χ2n) is 13.5. The Bertz CT molecular complexity index is 904. The molecule has 0 aromatic carbocycles. The summed E-state index contributed by atoms with van der Waals surface area (Å²) < 4.78 is 22.0. The maximum Gasteiger partial charge on any atom is 0.326 e. The number of amides is 1. The summed E-state index contributed by atoms with van der Waals surface area (Å²) in [4.78, 5) is 33.8. The van der Waals surface area contributed by atoms with Crippen molar-refractivity contribution < 1.29 is 43.5 Å². The van der Waals surface area contributed by atoms with Crippen molar-refractivity contribution >= 4 is 17.8 Å². The van der Waals surface area contributed by atoms with E-state index in [0.717, 1.165) is 75.6 Å². The number of carboxylic acids is 2. The maximum absolute atomic E-state index is 11.7. The standard InChI is InChI=1S/C40H75N3O9/c1-4-5-25-42-38(44)34-52-32-30-50-28-26-41-36(3)33-51-31-29-49-27-21-20-23-37(40(47)48)43-35(2)22-18-16-14-12-10-8-6-7-9-11-13-15-17-19-24-39(45)46/h37,41,43H,2-34H2,1H3,(H,42,44)(H,45,46)(H,47,48)/t37-/m0/s1. The molecule has 1 amide bonds. The van der Waals surface area contributed by atoms with E-state index in [1.54, 1.807) is 0 Å². The second kappa shape index (κ2) is 38.1. The first-order valence-electron chi connectivity index (χ1n) is 20.1. The molecule has 0 radical (unpaired) electrons. The van der Waals surface area contributed by atoms with E-state index in [-0.39, 0.29) is 12.5 Å². The Balaban J connectivity index is 3.57. The first-order valence-corrected chi connectivity index (χ1v) is 20.1. The van der Waals surface area contributed by atoms with Gasteiger partial charge in [0.1, 0.15) is 12.6 Å². The third kappa shape index (κ3) is 37.1. The van der Waals surface area contributed by atoms with Crippen molar-refractivity contribution in [3.8, 4) is 0 Å². The zero-order valence-electron chi connectivity index (χ0n) is 32.7. The van der Waals surface area contributed by atoms with Crippen LogP contribution in [-0.4, -0.2) is 100 Å². The minimum Gasteiger partial charge on any atom is -0.481 e. The molecule has 0 rings (SSSR count). The van der Waals surface area contributed by atoms with Crippen molar-refractivity contribution in [3.63, 3.8) is 0 Å². The molecule has 12 nitrogen and oxygen atoms in total. The molecule has 0 aliphatic carbocycles. The first kappa shape index (κ1) is 49.3. The van der Waals surface area contributed by atoms with E-state index in [2.05, 4.69) is 36.0 Å². The van der Waals surface area contributed by atoms with Gasteiger partial charge in [0.15, 0.2) is 0 Å². The van der Waals surface area contributed by atoms with Gasteiger partial charge in [0.25, 0.3) is 0 Å². The molecule has 0 aromatic rings. The summed E-state index contributed by atoms with van der Waals surface area (Å²) in [6.07, 6.45) is 21.7. The summed E-state index contributed by atoms with van der Waals surface area (Å²) in [5, 5.41) is 27.4. The molecule has 0 aliphatic rings. The molecule has 1 atom stereocenters. The van der Waals surface area contributed by atoms with Gasteiger partial charge in [-0.1, -0.05) is 104 Å². The summed E-state index contributed by atoms with van der Waals surface area (Å²) in [6.45, 7) is 14.5. The van der Waals surface area contributed by atoms with Gasteiger partial charge in [-0.05, 0) is 44.9 Å². The molecule has 0 fully saturated rings. The van der Waals surface area contributed by atoms with Gasteiger partial charge >= 0.3 is 11.9 Å². The monoisotopic (exact) mass is 742 g/mol. The van der Waals surface area contributed by atoms with Gasteiger partial charge in [-0.2, -0.15) is 0 Å². The van der Waals surface area contributed by atoms with Gasteiger partial charge in [-0.25, -0.2) is 4.79 Å². The van der Waals surface area contributed by atoms with Gasteiger partial charge in [0.2, 0.25) is 5.91 Å². The van der Waals surface area contributed by atoms with E-state index in [1.165, 1.54) is 57.8 Å². The van der Waals surface area contributed by atoms with Crippen LogP contribution in [0.15, 0.2) is 24.6 Å². The van der Waals surface area contributed by atoms with Crippen LogP contribution in [-0.2, 0) is 33.3 Å². The van der Waals surface area contributed by atoms with Gasteiger partial charge in [-0.15, -0.1) is 0 Å². The molecule has 0 unspecified atom stereocenters. The van der Waals surface area contributed by atoms with Crippen LogP contribution in [0.5, 0.6) is 0 Å². The molecule has 0 bridgehead atoms. The number of rotatable bonds is 42. The number of allylic oxidation sites excluding steroid dienone is 1. The molecule has 0 aliphatic heterocycles. The fourth-order valence-corrected chi connectivity index (χ4v) is 5.47. The van der Waals surface area contributed by atoms with E-state index in [4.69, 9.17) is 24.1 Å². The fraction of sp³-hybridized carbons (Fsp3) is 0.825. The number of carboxylic acid groups (broad SMARTS) is 2. The van der Waals surface area contributed by atoms with E-state index >= 15 is 0 Å². The minimum absolute atomic E-state index is 0.0512. The van der Waals surface area contributed by atoms with E-state index in [1.807, 2.05) is 0 Å². The zero-order chi connectivity index (χ0) is 38.3. The van der Waals surface area contributed by atoms with Gasteiger partial charge in [0.05, 0.1) is 39.6 Å². The molecular weight excluding hydrogens is 666 g/mol. The molecular formula is C40H75N3O9. The van der Waals surface area contributed by atoms with Crippen LogP contribution in [0.1, 0.15) is 142 Å². The topological polar surface area (TPSA) is 165 Å². The predicted molar refractivity (Wildman–Crippen MR) is 207 cm³/mol. The second-order valence-corrected chi connectivity index (χ2v) is 13.5. The normalized spacial score (nSPS) is 11.6. The SMILES string of the molecule is C=C(COCCOCCCC[C@H](NC(=C)CCCCCCCCCCCCCCCCC(=O)O)C(=O)O)NCCOCCOCC(=O)NCCCC. The Kier molecular flexibility index (Phi) is 36.1. The Morgan fingerprint density at radius 3 is 1.62 bits per heavy atom. The largest absolute Gasteiger partial charge is 0.481 e. The Labute approximate surface area is 315 Å². The molecule has 304 valence electrons. The number of ether oxygens (including phenoxy) is 4. The summed E-state index contributed by atoms with van der Waals surface area (Å²) in [5.74, 6) is -1.64. The highest BCUT2D eigenvalue weighted by Crippen LogP contribution is 2.15. The van der Waals surface area contributed by atoms with Crippen molar-refractivity contribution in [2.24, 2.45) is 0 Å². The van der Waals surface area contributed by atoms with E-state index < -0.39 is 18.0 Å². The van der Waals surface area contributed by atoms with Crippen molar-refractivity contribution in [1.29, 1.82) is 0 Å². The number of hydrogen-bond donors (Lipinski definition) is 5. The van der Waals surface area contributed by atoms with Crippen LogP contribution < -0.4 is 16.0 Å². The number of aliphatic carboxylic acids is 2. The van der Waals surface area contributed by atoms with Crippen LogP contribution >= 0.6 is 0 Å². The van der Waals surface area contributed by atoms with Crippen LogP contribution in [0.2, 0.25) is 0 Å². The molecule has 5 N–H and O–H groups in total. The molecule has 0 heterocycles. The molecule has 0 saturated carbocycles. The molecule has 0 spiro atoms. The van der Waals surface area contributed by atoms with Crippen LogP contribution in [0, 0.1) is 0 Å². The first-order chi connectivity index (χ1) is 25.3. The quantitative estimate of drug-likeness (QED) is 0.0405. The fourth-order valence-electron chi connectivity index (χ4n) is 5.47. The highest BCUT2D eigenvalue weighted by molar-refractivity contribution is 5.77. The minimum atomic E-state index is -0.848. The number of nitrogens with one attached hydrogen (secondary N) is 3. The number of carbonyl (C=O) groups excluding carboxylic acids is 1. The van der Waals surface area contributed by atoms with E-state index in [0.29, 0.717) is 72.2 Å². The van der Waals surface area contributed by atoms with Crippen molar-refractivity contribution in [1.82, 2.24) is 16.0 Å². The van der Waals surface area contributed by atoms with Crippen molar-refractivity contribution in [2.45, 2.75) is 148 Å². The smallest absolute Gasteiger partial charge is 0.326 e. The van der Waals surface area contributed by atoms with Crippen LogP contribution in [0.25, 0.3) is 0 Å². The number of carbonyl (C=O) groups is 3. The Hall–Kier alpha value is -2.67. The lowest BCUT2D eigenvalue weighted by atomic mass is 10.0. The highest BCUT2D eigenvalue weighted by Gasteiger charge is 2.17. The summed E-state index contributed by atoms with van der Waals surface area (Å²) in [6, 6.07) is -0.627. The Morgan fingerprint density at radius 2 is 1.06 bits per heavy atom. The number of unbranched alkanes of at least 4 members (excludes halogenated alkanes) is 15. The van der Waals surface area contributed by atoms with Crippen LogP contribution in [0.3, 0.4) is 0 Å². The summed E-state index contributed by atoms with van der Waals surface area (Å²) in [5.41, 5.74) is 1.56. The lowest BCUT2D eigenvalue weighted by molar-refractivity contribution is -0.139. The average Bonchev–Trinajstić information content (AvgIpc) is 3.11. The lowest BCUT2D eigenvalue weighted by Crippen LogP contribution is -2.35. The lowest BCUT2D eigenvalue weighted by Gasteiger charge is -2.17. The highest BCUT2D eigenvalue weighted by atomic mass is 16.5. The molecule has 0 aromatic heterocycles. The number of hydrogen-bond acceptors (Lipinski definition) is 9. The van der Waals surface area contributed by atoms with Gasteiger partial charge in [0, 0.05) is 37.5 Å².